The number of nitrogens with two attached hydrogens (primary N) is 1. The highest BCUT2D eigenvalue weighted by molar-refractivity contribution is 14.1. The molecule has 13 heavy (non-hydrogen) atoms. The molecule has 0 fully saturated rings. The number of halogens is 1. The Morgan fingerprint density at radius 3 is 2.69 bits per heavy atom. The second-order valence-corrected chi connectivity index (χ2v) is 3.66. The molecule has 1 rings (SSSR count). The quantitative estimate of drug-likeness (QED) is 0.712. The average Bonchev–Trinajstić information content (AvgIpc) is 2.08. The Bertz CT molecular complexity index is 340. The molecule has 0 radical (unpaired) electrons. The summed E-state index contributed by atoms with van der Waals surface area (Å²) in [5.41, 5.74) is 5.58. The molecule has 1 aromatic carbocycles. The van der Waals surface area contributed by atoms with Gasteiger partial charge in [-0.25, -0.2) is 0 Å². The predicted molar refractivity (Wildman–Crippen MR) is 55.4 cm³/mol. The third-order valence-corrected chi connectivity index (χ3v) is 2.49. The van der Waals surface area contributed by atoms with Gasteiger partial charge in [-0.2, -0.15) is 0 Å². The van der Waals surface area contributed by atoms with E-state index in [9.17, 15) is 9.90 Å². The second kappa shape index (κ2) is 3.93. The summed E-state index contributed by atoms with van der Waals surface area (Å²) in [4.78, 5) is 10.5. The van der Waals surface area contributed by atoms with Crippen molar-refractivity contribution >= 4 is 28.6 Å². The molecule has 0 heterocycles. The smallest absolute Gasteiger partial charge is 0.325 e. The van der Waals surface area contributed by atoms with Crippen LogP contribution in [-0.4, -0.2) is 16.2 Å². The number of hydrogen-bond donors (Lipinski definition) is 3. The summed E-state index contributed by atoms with van der Waals surface area (Å²) in [6.45, 7) is 0. The van der Waals surface area contributed by atoms with E-state index >= 15 is 0 Å². The van der Waals surface area contributed by atoms with Gasteiger partial charge < -0.3 is 15.9 Å². The van der Waals surface area contributed by atoms with Crippen LogP contribution < -0.4 is 5.73 Å². The van der Waals surface area contributed by atoms with E-state index in [4.69, 9.17) is 10.8 Å². The molecule has 4 N–H and O–H groups in total. The maximum absolute atomic E-state index is 10.5. The van der Waals surface area contributed by atoms with Crippen LogP contribution in [0.4, 0.5) is 0 Å². The second-order valence-electron chi connectivity index (χ2n) is 2.49. The lowest BCUT2D eigenvalue weighted by molar-refractivity contribution is -0.138. The maximum Gasteiger partial charge on any atom is 0.325 e. The molecule has 0 unspecified atom stereocenters. The number of benzene rings is 1. The highest BCUT2D eigenvalue weighted by Crippen LogP contribution is 2.27. The van der Waals surface area contributed by atoms with Crippen LogP contribution in [-0.2, 0) is 4.79 Å². The van der Waals surface area contributed by atoms with E-state index in [0.29, 0.717) is 3.57 Å². The number of rotatable bonds is 2. The Morgan fingerprint density at radius 2 is 2.15 bits per heavy atom. The van der Waals surface area contributed by atoms with E-state index < -0.39 is 12.0 Å². The van der Waals surface area contributed by atoms with Gasteiger partial charge in [-0.15, -0.1) is 0 Å². The molecular weight excluding hydrogens is 285 g/mol. The van der Waals surface area contributed by atoms with Crippen LogP contribution in [0.3, 0.4) is 0 Å². The van der Waals surface area contributed by atoms with Gasteiger partial charge in [-0.3, -0.25) is 4.79 Å². The molecule has 0 aliphatic carbocycles. The number of hydrogen-bond acceptors (Lipinski definition) is 3. The monoisotopic (exact) mass is 293 g/mol. The van der Waals surface area contributed by atoms with Crippen molar-refractivity contribution in [3.63, 3.8) is 0 Å². The minimum absolute atomic E-state index is 0.0574. The van der Waals surface area contributed by atoms with Crippen molar-refractivity contribution in [3.05, 3.63) is 27.3 Å². The first-order valence-electron chi connectivity index (χ1n) is 3.50. The topological polar surface area (TPSA) is 83.6 Å². The Labute approximate surface area is 88.5 Å². The van der Waals surface area contributed by atoms with E-state index in [1.54, 1.807) is 12.1 Å². The van der Waals surface area contributed by atoms with Crippen molar-refractivity contribution in [1.29, 1.82) is 0 Å². The summed E-state index contributed by atoms with van der Waals surface area (Å²) in [6.07, 6.45) is 0. The molecule has 0 aliphatic heterocycles. The zero-order valence-electron chi connectivity index (χ0n) is 6.57. The van der Waals surface area contributed by atoms with Crippen LogP contribution >= 0.6 is 22.6 Å². The van der Waals surface area contributed by atoms with E-state index in [0.717, 1.165) is 0 Å². The lowest BCUT2D eigenvalue weighted by Crippen LogP contribution is -2.20. The molecule has 0 aliphatic rings. The third kappa shape index (κ3) is 2.10. The zero-order chi connectivity index (χ0) is 10.0. The van der Waals surface area contributed by atoms with Gasteiger partial charge in [-0.1, -0.05) is 12.1 Å². The number of para-hydroxylation sites is 1. The number of aromatic hydroxyl groups is 1. The summed E-state index contributed by atoms with van der Waals surface area (Å²) in [7, 11) is 0. The van der Waals surface area contributed by atoms with Gasteiger partial charge >= 0.3 is 5.97 Å². The fourth-order valence-corrected chi connectivity index (χ4v) is 1.44. The summed E-state index contributed by atoms with van der Waals surface area (Å²) in [5.74, 6) is -1.21. The van der Waals surface area contributed by atoms with Gasteiger partial charge in [0, 0.05) is 5.56 Å². The SMILES string of the molecule is N[C@@H](C(=O)O)c1cccc(I)c1O. The molecule has 1 atom stereocenters. The molecule has 70 valence electrons. The summed E-state index contributed by atoms with van der Waals surface area (Å²) >= 11 is 1.91. The molecule has 4 nitrogen and oxygen atoms in total. The van der Waals surface area contributed by atoms with E-state index in [-0.39, 0.29) is 11.3 Å². The fourth-order valence-electron chi connectivity index (χ4n) is 0.916. The third-order valence-electron chi connectivity index (χ3n) is 1.62. The summed E-state index contributed by atoms with van der Waals surface area (Å²) in [5, 5.41) is 18.1. The first-order chi connectivity index (χ1) is 6.04. The van der Waals surface area contributed by atoms with Gasteiger partial charge in [0.2, 0.25) is 0 Å². The molecule has 5 heteroatoms. The lowest BCUT2D eigenvalue weighted by atomic mass is 10.1. The van der Waals surface area contributed by atoms with Crippen molar-refractivity contribution in [2.75, 3.05) is 0 Å². The van der Waals surface area contributed by atoms with E-state index in [1.807, 2.05) is 22.6 Å². The van der Waals surface area contributed by atoms with Gasteiger partial charge in [0.05, 0.1) is 3.57 Å². The number of carboxylic acid groups (broad SMARTS) is 1. The zero-order valence-corrected chi connectivity index (χ0v) is 8.72. The van der Waals surface area contributed by atoms with Gasteiger partial charge in [0.1, 0.15) is 11.8 Å². The highest BCUT2D eigenvalue weighted by Gasteiger charge is 2.18. The number of carboxylic acids is 1. The van der Waals surface area contributed by atoms with Gasteiger partial charge in [0.15, 0.2) is 0 Å². The van der Waals surface area contributed by atoms with E-state index in [1.165, 1.54) is 6.07 Å². The molecule has 0 aromatic heterocycles. The minimum atomic E-state index is -1.17. The Morgan fingerprint density at radius 1 is 1.54 bits per heavy atom. The standard InChI is InChI=1S/C8H8INO3/c9-5-3-1-2-4(7(5)11)6(10)8(12)13/h1-3,6,11H,10H2,(H,12,13)/t6-/m1/s1. The van der Waals surface area contributed by atoms with Crippen LogP contribution in [0.15, 0.2) is 18.2 Å². The molecular formula is C8H8INO3. The fraction of sp³-hybridized carbons (Fsp3) is 0.125. The Kier molecular flexibility index (Phi) is 3.10. The van der Waals surface area contributed by atoms with Crippen molar-refractivity contribution in [1.82, 2.24) is 0 Å². The van der Waals surface area contributed by atoms with Crippen molar-refractivity contribution in [3.8, 4) is 5.75 Å². The Balaban J connectivity index is 3.15. The lowest BCUT2D eigenvalue weighted by Gasteiger charge is -2.09. The van der Waals surface area contributed by atoms with Gasteiger partial charge in [-0.05, 0) is 28.7 Å². The summed E-state index contributed by atoms with van der Waals surface area (Å²) in [6, 6.07) is 3.65. The largest absolute Gasteiger partial charge is 0.506 e. The predicted octanol–water partition coefficient (Wildman–Crippen LogP) is 1.08. The first-order valence-corrected chi connectivity index (χ1v) is 4.57. The highest BCUT2D eigenvalue weighted by atomic mass is 127. The average molecular weight is 293 g/mol. The normalized spacial score (nSPS) is 12.5. The molecule has 1 aromatic rings. The molecule has 0 bridgehead atoms. The van der Waals surface area contributed by atoms with Crippen LogP contribution in [0, 0.1) is 3.57 Å². The number of phenolic OH excluding ortho intramolecular Hbond substituents is 1. The van der Waals surface area contributed by atoms with Gasteiger partial charge in [0.25, 0.3) is 0 Å². The van der Waals surface area contributed by atoms with Crippen molar-refractivity contribution in [2.24, 2.45) is 5.73 Å². The van der Waals surface area contributed by atoms with Crippen LogP contribution in [0.2, 0.25) is 0 Å². The van der Waals surface area contributed by atoms with E-state index in [2.05, 4.69) is 0 Å². The first kappa shape index (κ1) is 10.3. The maximum atomic E-state index is 10.5. The Hall–Kier alpha value is -0.820. The number of phenols is 1. The van der Waals surface area contributed by atoms with Crippen LogP contribution in [0.5, 0.6) is 5.75 Å². The van der Waals surface area contributed by atoms with Crippen molar-refractivity contribution < 1.29 is 15.0 Å². The van der Waals surface area contributed by atoms with Crippen LogP contribution in [0.25, 0.3) is 0 Å². The van der Waals surface area contributed by atoms with Crippen molar-refractivity contribution in [2.45, 2.75) is 6.04 Å². The van der Waals surface area contributed by atoms with Crippen LogP contribution in [0.1, 0.15) is 11.6 Å². The summed E-state index contributed by atoms with van der Waals surface area (Å²) < 4.78 is 0.590. The molecule has 0 saturated heterocycles. The minimum Gasteiger partial charge on any atom is -0.506 e. The number of aliphatic carboxylic acids is 1. The molecule has 0 amide bonds. The molecule has 0 spiro atoms. The number of carbonyl (C=O) groups is 1. The molecule has 0 saturated carbocycles.